The van der Waals surface area contributed by atoms with Gasteiger partial charge in [-0.2, -0.15) is 0 Å². The molecule has 0 radical (unpaired) electrons. The third-order valence-corrected chi connectivity index (χ3v) is 4.35. The number of amides is 3. The molecule has 25 heavy (non-hydrogen) atoms. The average Bonchev–Trinajstić information content (AvgIpc) is 3.05. The van der Waals surface area contributed by atoms with E-state index in [0.717, 1.165) is 10.5 Å². The van der Waals surface area contributed by atoms with Gasteiger partial charge >= 0.3 is 18.0 Å². The minimum atomic E-state index is -1.25. The number of hydrogen-bond acceptors (Lipinski definition) is 6. The van der Waals surface area contributed by atoms with Crippen molar-refractivity contribution in [2.24, 2.45) is 0 Å². The van der Waals surface area contributed by atoms with Crippen LogP contribution < -0.4 is 5.32 Å². The fraction of sp³-hybridized carbons (Fsp3) is 0.412. The second-order valence-electron chi connectivity index (χ2n) is 6.25. The van der Waals surface area contributed by atoms with E-state index in [1.54, 1.807) is 19.1 Å². The molecular weight excluding hydrogens is 328 g/mol. The Morgan fingerprint density at radius 3 is 2.60 bits per heavy atom. The first kappa shape index (κ1) is 16.9. The van der Waals surface area contributed by atoms with Crippen molar-refractivity contribution in [1.82, 2.24) is 10.2 Å². The SMILES string of the molecule is Cc1ccc([C@]2(C)NC(=O)N(CC(=O)O[C@H]3CCOC3=O)C2=O)cc1. The monoisotopic (exact) mass is 346 g/mol. The number of carbonyl (C=O) groups excluding carboxylic acids is 4. The molecule has 8 heteroatoms. The minimum absolute atomic E-state index is 0.186. The fourth-order valence-corrected chi connectivity index (χ4v) is 2.83. The quantitative estimate of drug-likeness (QED) is 0.633. The molecular formula is C17H18N2O6. The number of esters is 2. The number of carbonyl (C=O) groups is 4. The molecule has 1 aromatic carbocycles. The highest BCUT2D eigenvalue weighted by molar-refractivity contribution is 6.08. The zero-order chi connectivity index (χ0) is 18.2. The first-order valence-corrected chi connectivity index (χ1v) is 7.88. The molecule has 2 heterocycles. The Kier molecular flexibility index (Phi) is 4.20. The molecule has 2 saturated heterocycles. The van der Waals surface area contributed by atoms with E-state index < -0.39 is 42.1 Å². The lowest BCUT2D eigenvalue weighted by Gasteiger charge is -2.22. The Hall–Kier alpha value is -2.90. The third-order valence-electron chi connectivity index (χ3n) is 4.35. The molecule has 1 N–H and O–H groups in total. The summed E-state index contributed by atoms with van der Waals surface area (Å²) in [5.74, 6) is -2.00. The number of urea groups is 1. The first-order valence-electron chi connectivity index (χ1n) is 7.88. The van der Waals surface area contributed by atoms with E-state index in [1.165, 1.54) is 0 Å². The van der Waals surface area contributed by atoms with Crippen molar-refractivity contribution in [3.8, 4) is 0 Å². The van der Waals surface area contributed by atoms with E-state index in [9.17, 15) is 19.2 Å². The zero-order valence-corrected chi connectivity index (χ0v) is 13.9. The molecule has 3 rings (SSSR count). The van der Waals surface area contributed by atoms with Gasteiger partial charge in [0.15, 0.2) is 0 Å². The Morgan fingerprint density at radius 1 is 1.32 bits per heavy atom. The number of hydrogen-bond donors (Lipinski definition) is 1. The van der Waals surface area contributed by atoms with Gasteiger partial charge < -0.3 is 14.8 Å². The summed E-state index contributed by atoms with van der Waals surface area (Å²) in [5, 5.41) is 2.61. The lowest BCUT2D eigenvalue weighted by atomic mass is 9.91. The summed E-state index contributed by atoms with van der Waals surface area (Å²) in [5.41, 5.74) is 0.386. The van der Waals surface area contributed by atoms with E-state index in [-0.39, 0.29) is 13.0 Å². The van der Waals surface area contributed by atoms with E-state index >= 15 is 0 Å². The smallest absolute Gasteiger partial charge is 0.347 e. The maximum Gasteiger partial charge on any atom is 0.347 e. The molecule has 0 aliphatic carbocycles. The molecule has 0 bridgehead atoms. The van der Waals surface area contributed by atoms with Crippen molar-refractivity contribution in [2.75, 3.05) is 13.2 Å². The molecule has 2 fully saturated rings. The minimum Gasteiger partial charge on any atom is -0.463 e. The van der Waals surface area contributed by atoms with E-state index in [2.05, 4.69) is 5.32 Å². The second-order valence-corrected chi connectivity index (χ2v) is 6.25. The molecule has 2 aliphatic rings. The maximum absolute atomic E-state index is 12.7. The molecule has 0 unspecified atom stereocenters. The Labute approximate surface area is 144 Å². The fourth-order valence-electron chi connectivity index (χ4n) is 2.83. The van der Waals surface area contributed by atoms with Crippen molar-refractivity contribution in [2.45, 2.75) is 31.9 Å². The van der Waals surface area contributed by atoms with Crippen LogP contribution in [0.5, 0.6) is 0 Å². The number of ether oxygens (including phenoxy) is 2. The number of rotatable bonds is 4. The van der Waals surface area contributed by atoms with Crippen molar-refractivity contribution in [3.05, 3.63) is 35.4 Å². The van der Waals surface area contributed by atoms with Crippen LogP contribution in [0.3, 0.4) is 0 Å². The summed E-state index contributed by atoms with van der Waals surface area (Å²) in [7, 11) is 0. The van der Waals surface area contributed by atoms with E-state index in [4.69, 9.17) is 9.47 Å². The van der Waals surface area contributed by atoms with Gasteiger partial charge in [-0.25, -0.2) is 9.59 Å². The van der Waals surface area contributed by atoms with Crippen LogP contribution in [0.25, 0.3) is 0 Å². The number of benzene rings is 1. The molecule has 0 saturated carbocycles. The third kappa shape index (κ3) is 3.07. The van der Waals surface area contributed by atoms with Crippen molar-refractivity contribution in [1.29, 1.82) is 0 Å². The predicted molar refractivity (Wildman–Crippen MR) is 84.2 cm³/mol. The zero-order valence-electron chi connectivity index (χ0n) is 13.9. The van der Waals surface area contributed by atoms with Crippen LogP contribution in [0.4, 0.5) is 4.79 Å². The molecule has 3 amide bonds. The Balaban J connectivity index is 1.71. The van der Waals surface area contributed by atoms with Gasteiger partial charge in [-0.15, -0.1) is 0 Å². The van der Waals surface area contributed by atoms with Crippen LogP contribution in [0.1, 0.15) is 24.5 Å². The Bertz CT molecular complexity index is 744. The Morgan fingerprint density at radius 2 is 2.00 bits per heavy atom. The van der Waals surface area contributed by atoms with Crippen molar-refractivity contribution in [3.63, 3.8) is 0 Å². The highest BCUT2D eigenvalue weighted by Crippen LogP contribution is 2.29. The van der Waals surface area contributed by atoms with Gasteiger partial charge in [0.2, 0.25) is 6.10 Å². The molecule has 1 aromatic rings. The van der Waals surface area contributed by atoms with Gasteiger partial charge in [-0.3, -0.25) is 14.5 Å². The summed E-state index contributed by atoms with van der Waals surface area (Å²) >= 11 is 0. The van der Waals surface area contributed by atoms with Crippen LogP contribution in [0, 0.1) is 6.92 Å². The van der Waals surface area contributed by atoms with Gasteiger partial charge in [-0.1, -0.05) is 29.8 Å². The second kappa shape index (κ2) is 6.19. The number of aryl methyl sites for hydroxylation is 1. The summed E-state index contributed by atoms with van der Waals surface area (Å²) in [4.78, 5) is 49.0. The maximum atomic E-state index is 12.7. The number of cyclic esters (lactones) is 1. The molecule has 8 nitrogen and oxygen atoms in total. The van der Waals surface area contributed by atoms with E-state index in [1.807, 2.05) is 19.1 Å². The van der Waals surface area contributed by atoms with E-state index in [0.29, 0.717) is 5.56 Å². The van der Waals surface area contributed by atoms with Crippen LogP contribution in [-0.4, -0.2) is 48.0 Å². The molecule has 2 atom stereocenters. The largest absolute Gasteiger partial charge is 0.463 e. The van der Waals surface area contributed by atoms with Crippen molar-refractivity contribution < 1.29 is 28.7 Å². The highest BCUT2D eigenvalue weighted by atomic mass is 16.6. The normalized spacial score (nSPS) is 25.8. The number of imide groups is 1. The molecule has 0 spiro atoms. The van der Waals surface area contributed by atoms with Gasteiger partial charge in [0.05, 0.1) is 6.61 Å². The molecule has 2 aliphatic heterocycles. The summed E-state index contributed by atoms with van der Waals surface area (Å²) in [6.45, 7) is 3.12. The number of nitrogens with one attached hydrogen (secondary N) is 1. The van der Waals surface area contributed by atoms with Gasteiger partial charge in [0, 0.05) is 6.42 Å². The topological polar surface area (TPSA) is 102 Å². The first-order chi connectivity index (χ1) is 11.8. The van der Waals surface area contributed by atoms with Crippen LogP contribution in [0.2, 0.25) is 0 Å². The summed E-state index contributed by atoms with van der Waals surface area (Å²) in [6, 6.07) is 6.50. The lowest BCUT2D eigenvalue weighted by molar-refractivity contribution is -0.161. The van der Waals surface area contributed by atoms with Crippen LogP contribution >= 0.6 is 0 Å². The molecule has 0 aromatic heterocycles. The van der Waals surface area contributed by atoms with Gasteiger partial charge in [0.25, 0.3) is 5.91 Å². The van der Waals surface area contributed by atoms with Crippen molar-refractivity contribution >= 4 is 23.9 Å². The van der Waals surface area contributed by atoms with Crippen LogP contribution in [0.15, 0.2) is 24.3 Å². The highest BCUT2D eigenvalue weighted by Gasteiger charge is 2.49. The summed E-state index contributed by atoms with van der Waals surface area (Å²) in [6.07, 6.45) is -0.706. The lowest BCUT2D eigenvalue weighted by Crippen LogP contribution is -2.42. The van der Waals surface area contributed by atoms with Gasteiger partial charge in [0.1, 0.15) is 12.1 Å². The molecule has 132 valence electrons. The standard InChI is InChI=1S/C17H18N2O6/c1-10-3-5-11(6-4-10)17(2)15(22)19(16(23)18-17)9-13(20)25-12-7-8-24-14(12)21/h3-6,12H,7-9H2,1-2H3,(H,18,23)/t12-,17-/m0/s1. The summed E-state index contributed by atoms with van der Waals surface area (Å²) < 4.78 is 9.69. The average molecular weight is 346 g/mol. The van der Waals surface area contributed by atoms with Gasteiger partial charge in [-0.05, 0) is 19.4 Å². The van der Waals surface area contributed by atoms with Crippen LogP contribution in [-0.2, 0) is 29.4 Å². The number of nitrogens with zero attached hydrogens (tertiary/aromatic N) is 1. The predicted octanol–water partition coefficient (Wildman–Crippen LogP) is 0.621.